The van der Waals surface area contributed by atoms with Gasteiger partial charge in [0, 0.05) is 19.4 Å². The van der Waals surface area contributed by atoms with Crippen molar-refractivity contribution in [2.75, 3.05) is 20.2 Å². The molecule has 0 heterocycles. The molecule has 1 N–H and O–H groups in total. The number of carbonyl (C=O) groups is 1. The fourth-order valence-corrected chi connectivity index (χ4v) is 3.11. The molecule has 1 aliphatic carbocycles. The lowest BCUT2D eigenvalue weighted by atomic mass is 9.76. The van der Waals surface area contributed by atoms with Crippen molar-refractivity contribution >= 4 is 5.78 Å². The summed E-state index contributed by atoms with van der Waals surface area (Å²) in [6.07, 6.45) is 6.10. The van der Waals surface area contributed by atoms with Crippen LogP contribution < -0.4 is 0 Å². The van der Waals surface area contributed by atoms with Crippen LogP contribution in [-0.4, -0.2) is 36.0 Å². The summed E-state index contributed by atoms with van der Waals surface area (Å²) < 4.78 is 0. The van der Waals surface area contributed by atoms with E-state index in [-0.39, 0.29) is 12.4 Å². The molecule has 0 fully saturated rings. The van der Waals surface area contributed by atoms with Crippen LogP contribution in [0.2, 0.25) is 0 Å². The van der Waals surface area contributed by atoms with E-state index in [4.69, 9.17) is 5.11 Å². The number of ketones is 1. The first-order chi connectivity index (χ1) is 9.01. The number of Topliss-reactive ketones (excluding diaryl/α,β-unsaturated/α-hetero) is 1. The van der Waals surface area contributed by atoms with E-state index in [2.05, 4.69) is 18.4 Å². The molecule has 0 radical (unpaired) electrons. The van der Waals surface area contributed by atoms with Crippen molar-refractivity contribution in [3.05, 3.63) is 23.9 Å². The van der Waals surface area contributed by atoms with Gasteiger partial charge < -0.3 is 10.0 Å². The van der Waals surface area contributed by atoms with Crippen LogP contribution in [0.15, 0.2) is 23.9 Å². The third-order valence-electron chi connectivity index (χ3n) is 4.07. The van der Waals surface area contributed by atoms with Gasteiger partial charge in [0.1, 0.15) is 5.78 Å². The van der Waals surface area contributed by atoms with Gasteiger partial charge in [0.25, 0.3) is 0 Å². The van der Waals surface area contributed by atoms with E-state index >= 15 is 0 Å². The number of aliphatic hydroxyl groups excluding tert-OH is 1. The molecule has 0 aliphatic heterocycles. The summed E-state index contributed by atoms with van der Waals surface area (Å²) in [6.45, 7) is 8.48. The SMILES string of the molecule is C=CC1=C(N(C)CC(C)=O)CCCC1[C@H](C)CCO. The van der Waals surface area contributed by atoms with Crippen molar-refractivity contribution in [1.29, 1.82) is 0 Å². The second-order valence-corrected chi connectivity index (χ2v) is 5.65. The first-order valence-corrected chi connectivity index (χ1v) is 7.18. The molecule has 0 amide bonds. The number of hydrogen-bond acceptors (Lipinski definition) is 3. The average molecular weight is 265 g/mol. The van der Waals surface area contributed by atoms with Gasteiger partial charge in [-0.05, 0) is 50.0 Å². The highest BCUT2D eigenvalue weighted by molar-refractivity contribution is 5.77. The molecule has 108 valence electrons. The van der Waals surface area contributed by atoms with E-state index in [0.717, 1.165) is 25.7 Å². The Morgan fingerprint density at radius 2 is 2.32 bits per heavy atom. The molecule has 0 aromatic carbocycles. The Morgan fingerprint density at radius 3 is 2.84 bits per heavy atom. The third kappa shape index (κ3) is 4.20. The highest BCUT2D eigenvalue weighted by Gasteiger charge is 2.27. The number of aliphatic hydroxyl groups is 1. The number of hydrogen-bond donors (Lipinski definition) is 1. The average Bonchev–Trinajstić information content (AvgIpc) is 2.37. The molecule has 0 saturated carbocycles. The van der Waals surface area contributed by atoms with Crippen LogP contribution in [-0.2, 0) is 4.79 Å². The highest BCUT2D eigenvalue weighted by atomic mass is 16.3. The normalized spacial score (nSPS) is 21.2. The summed E-state index contributed by atoms with van der Waals surface area (Å²) in [7, 11) is 1.99. The van der Waals surface area contributed by atoms with E-state index < -0.39 is 0 Å². The fourth-order valence-electron chi connectivity index (χ4n) is 3.11. The summed E-state index contributed by atoms with van der Waals surface area (Å²) in [5.74, 6) is 1.10. The second kappa shape index (κ2) is 7.49. The Morgan fingerprint density at radius 1 is 1.63 bits per heavy atom. The predicted molar refractivity (Wildman–Crippen MR) is 78.7 cm³/mol. The van der Waals surface area contributed by atoms with Gasteiger partial charge >= 0.3 is 0 Å². The van der Waals surface area contributed by atoms with Crippen molar-refractivity contribution < 1.29 is 9.90 Å². The van der Waals surface area contributed by atoms with Crippen molar-refractivity contribution in [2.45, 2.75) is 39.5 Å². The Bertz CT molecular complexity index is 360. The Balaban J connectivity index is 2.96. The van der Waals surface area contributed by atoms with Crippen LogP contribution in [0.5, 0.6) is 0 Å². The zero-order chi connectivity index (χ0) is 14.4. The van der Waals surface area contributed by atoms with Gasteiger partial charge in [0.05, 0.1) is 6.54 Å². The van der Waals surface area contributed by atoms with Gasteiger partial charge in [-0.2, -0.15) is 0 Å². The lowest BCUT2D eigenvalue weighted by Crippen LogP contribution is -2.30. The molecule has 2 atom stereocenters. The molecular weight excluding hydrogens is 238 g/mol. The topological polar surface area (TPSA) is 40.5 Å². The third-order valence-corrected chi connectivity index (χ3v) is 4.07. The van der Waals surface area contributed by atoms with Crippen molar-refractivity contribution in [1.82, 2.24) is 4.90 Å². The molecule has 1 aliphatic rings. The van der Waals surface area contributed by atoms with Gasteiger partial charge in [-0.3, -0.25) is 4.79 Å². The van der Waals surface area contributed by atoms with E-state index in [1.54, 1.807) is 6.92 Å². The first-order valence-electron chi connectivity index (χ1n) is 7.18. The minimum absolute atomic E-state index is 0.184. The van der Waals surface area contributed by atoms with Gasteiger partial charge in [-0.25, -0.2) is 0 Å². The second-order valence-electron chi connectivity index (χ2n) is 5.65. The number of likely N-dealkylation sites (N-methyl/N-ethyl adjacent to an activating group) is 1. The van der Waals surface area contributed by atoms with Crippen LogP contribution in [0, 0.1) is 11.8 Å². The minimum Gasteiger partial charge on any atom is -0.396 e. The minimum atomic E-state index is 0.184. The van der Waals surface area contributed by atoms with Gasteiger partial charge in [-0.1, -0.05) is 19.6 Å². The molecule has 0 aromatic heterocycles. The lowest BCUT2D eigenvalue weighted by molar-refractivity contribution is -0.117. The maximum atomic E-state index is 11.3. The Kier molecular flexibility index (Phi) is 6.29. The maximum Gasteiger partial charge on any atom is 0.149 e. The van der Waals surface area contributed by atoms with Crippen LogP contribution in [0.3, 0.4) is 0 Å². The molecule has 3 nitrogen and oxygen atoms in total. The number of carbonyl (C=O) groups excluding carboxylic acids is 1. The van der Waals surface area contributed by atoms with E-state index in [0.29, 0.717) is 18.4 Å². The van der Waals surface area contributed by atoms with E-state index in [1.807, 2.05) is 13.1 Å². The van der Waals surface area contributed by atoms with Crippen LogP contribution in [0.4, 0.5) is 0 Å². The van der Waals surface area contributed by atoms with E-state index in [1.165, 1.54) is 11.3 Å². The summed E-state index contributed by atoms with van der Waals surface area (Å²) in [5.41, 5.74) is 2.53. The van der Waals surface area contributed by atoms with E-state index in [9.17, 15) is 4.79 Å². The smallest absolute Gasteiger partial charge is 0.149 e. The largest absolute Gasteiger partial charge is 0.396 e. The van der Waals surface area contributed by atoms with Crippen molar-refractivity contribution in [2.24, 2.45) is 11.8 Å². The Labute approximate surface area is 117 Å². The number of rotatable bonds is 7. The van der Waals surface area contributed by atoms with Gasteiger partial charge in [-0.15, -0.1) is 0 Å². The van der Waals surface area contributed by atoms with Crippen molar-refractivity contribution in [3.8, 4) is 0 Å². The molecule has 0 bridgehead atoms. The fraction of sp³-hybridized carbons (Fsp3) is 0.688. The summed E-state index contributed by atoms with van der Waals surface area (Å²) in [6, 6.07) is 0. The molecule has 0 aromatic rings. The monoisotopic (exact) mass is 265 g/mol. The van der Waals surface area contributed by atoms with Crippen LogP contribution in [0.25, 0.3) is 0 Å². The summed E-state index contributed by atoms with van der Waals surface area (Å²) >= 11 is 0. The van der Waals surface area contributed by atoms with Crippen molar-refractivity contribution in [3.63, 3.8) is 0 Å². The quantitative estimate of drug-likeness (QED) is 0.769. The molecule has 0 saturated heterocycles. The highest BCUT2D eigenvalue weighted by Crippen LogP contribution is 2.37. The molecular formula is C16H27NO2. The zero-order valence-electron chi connectivity index (χ0n) is 12.5. The molecule has 1 unspecified atom stereocenters. The zero-order valence-corrected chi connectivity index (χ0v) is 12.5. The van der Waals surface area contributed by atoms with Crippen LogP contribution >= 0.6 is 0 Å². The van der Waals surface area contributed by atoms with Gasteiger partial charge in [0.15, 0.2) is 0 Å². The predicted octanol–water partition coefficient (Wildman–Crippen LogP) is 2.77. The molecule has 0 spiro atoms. The van der Waals surface area contributed by atoms with Gasteiger partial charge in [0.2, 0.25) is 0 Å². The molecule has 1 rings (SSSR count). The Hall–Kier alpha value is -1.09. The standard InChI is InChI=1S/C16H27NO2/c1-5-14-15(12(2)9-10-18)7-6-8-16(14)17(4)11-13(3)19/h5,12,15,18H,1,6-11H2,2-4H3/t12-,15?/m1/s1. The number of allylic oxidation sites excluding steroid dienone is 3. The van der Waals surface area contributed by atoms with Crippen LogP contribution in [0.1, 0.15) is 39.5 Å². The summed E-state index contributed by atoms with van der Waals surface area (Å²) in [5, 5.41) is 9.12. The number of nitrogens with zero attached hydrogens (tertiary/aromatic N) is 1. The summed E-state index contributed by atoms with van der Waals surface area (Å²) in [4.78, 5) is 13.4. The first kappa shape index (κ1) is 16.0. The molecule has 3 heteroatoms. The lowest BCUT2D eigenvalue weighted by Gasteiger charge is -2.35. The maximum absolute atomic E-state index is 11.3. The molecule has 19 heavy (non-hydrogen) atoms.